The molecule has 2 aromatic rings. The van der Waals surface area contributed by atoms with Gasteiger partial charge in [0.1, 0.15) is 18.2 Å². The summed E-state index contributed by atoms with van der Waals surface area (Å²) >= 11 is 1.58. The molecule has 0 aliphatic rings. The van der Waals surface area contributed by atoms with Crippen LogP contribution in [0.2, 0.25) is 0 Å². The Balaban J connectivity index is 2.05. The Bertz CT molecular complexity index is 545. The number of aliphatic hydroxyl groups excluding tert-OH is 1. The molecule has 0 bridgehead atoms. The van der Waals surface area contributed by atoms with Crippen LogP contribution in [0.15, 0.2) is 23.6 Å². The molecule has 1 aromatic carbocycles. The van der Waals surface area contributed by atoms with E-state index in [0.29, 0.717) is 18.0 Å². The first-order chi connectivity index (χ1) is 9.19. The summed E-state index contributed by atoms with van der Waals surface area (Å²) in [4.78, 5) is 4.34. The van der Waals surface area contributed by atoms with Gasteiger partial charge in [0.05, 0.1) is 29.5 Å². The number of halogens is 1. The number of aromatic nitrogens is 1. The van der Waals surface area contributed by atoms with Crippen LogP contribution in [0.1, 0.15) is 10.7 Å². The molecular formula is C13H15FN2O2S. The van der Waals surface area contributed by atoms with E-state index in [4.69, 9.17) is 9.84 Å². The highest BCUT2D eigenvalue weighted by Crippen LogP contribution is 2.26. The van der Waals surface area contributed by atoms with Gasteiger partial charge >= 0.3 is 0 Å². The van der Waals surface area contributed by atoms with Crippen molar-refractivity contribution in [1.29, 1.82) is 0 Å². The minimum atomic E-state index is -0.372. The summed E-state index contributed by atoms with van der Waals surface area (Å²) < 4.78 is 18.5. The third-order valence-corrected chi connectivity index (χ3v) is 3.24. The lowest BCUT2D eigenvalue weighted by atomic mass is 10.2. The van der Waals surface area contributed by atoms with Gasteiger partial charge in [-0.3, -0.25) is 0 Å². The first-order valence-electron chi connectivity index (χ1n) is 5.87. The zero-order valence-corrected chi connectivity index (χ0v) is 11.3. The minimum absolute atomic E-state index is 0.110. The topological polar surface area (TPSA) is 54.4 Å². The highest BCUT2D eigenvalue weighted by atomic mass is 32.1. The van der Waals surface area contributed by atoms with Crippen molar-refractivity contribution in [3.63, 3.8) is 0 Å². The molecule has 6 heteroatoms. The Labute approximate surface area is 114 Å². The highest BCUT2D eigenvalue weighted by molar-refractivity contribution is 7.09. The van der Waals surface area contributed by atoms with E-state index in [1.54, 1.807) is 17.4 Å². The normalized spacial score (nSPS) is 10.5. The largest absolute Gasteiger partial charge is 0.489 e. The predicted octanol–water partition coefficient (Wildman–Crippen LogP) is 2.57. The second-order valence-corrected chi connectivity index (χ2v) is 4.99. The minimum Gasteiger partial charge on any atom is -0.489 e. The van der Waals surface area contributed by atoms with Crippen LogP contribution in [0.5, 0.6) is 5.75 Å². The first-order valence-corrected chi connectivity index (χ1v) is 6.75. The van der Waals surface area contributed by atoms with Gasteiger partial charge in [-0.1, -0.05) is 0 Å². The number of rotatable bonds is 6. The van der Waals surface area contributed by atoms with Crippen LogP contribution in [0.3, 0.4) is 0 Å². The Morgan fingerprint density at radius 2 is 2.32 bits per heavy atom. The SMILES string of the molecule is Cc1nc(CNc2ccc(F)cc2OCCO)cs1. The van der Waals surface area contributed by atoms with Crippen molar-refractivity contribution in [3.8, 4) is 5.75 Å². The number of anilines is 1. The molecule has 4 nitrogen and oxygen atoms in total. The molecule has 0 amide bonds. The molecule has 0 fully saturated rings. The van der Waals surface area contributed by atoms with E-state index in [0.717, 1.165) is 10.7 Å². The molecule has 2 rings (SSSR count). The van der Waals surface area contributed by atoms with Gasteiger partial charge in [-0.05, 0) is 19.1 Å². The average molecular weight is 282 g/mol. The number of aliphatic hydroxyl groups is 1. The Kier molecular flexibility index (Phi) is 4.70. The van der Waals surface area contributed by atoms with E-state index < -0.39 is 0 Å². The lowest BCUT2D eigenvalue weighted by Gasteiger charge is -2.12. The smallest absolute Gasteiger partial charge is 0.145 e. The number of thiazole rings is 1. The third kappa shape index (κ3) is 3.90. The molecule has 0 aliphatic heterocycles. The molecule has 0 saturated heterocycles. The van der Waals surface area contributed by atoms with Crippen LogP contribution < -0.4 is 10.1 Å². The summed E-state index contributed by atoms with van der Waals surface area (Å²) in [7, 11) is 0. The van der Waals surface area contributed by atoms with Crippen LogP contribution in [-0.2, 0) is 6.54 Å². The summed E-state index contributed by atoms with van der Waals surface area (Å²) in [5.41, 5.74) is 1.61. The zero-order chi connectivity index (χ0) is 13.7. The van der Waals surface area contributed by atoms with E-state index >= 15 is 0 Å². The predicted molar refractivity (Wildman–Crippen MR) is 73.2 cm³/mol. The maximum atomic E-state index is 13.2. The van der Waals surface area contributed by atoms with Gasteiger partial charge in [0.15, 0.2) is 0 Å². The number of benzene rings is 1. The van der Waals surface area contributed by atoms with Gasteiger partial charge < -0.3 is 15.2 Å². The summed E-state index contributed by atoms with van der Waals surface area (Å²) in [6, 6.07) is 4.27. The van der Waals surface area contributed by atoms with E-state index in [9.17, 15) is 4.39 Å². The molecular weight excluding hydrogens is 267 g/mol. The molecule has 19 heavy (non-hydrogen) atoms. The van der Waals surface area contributed by atoms with Crippen LogP contribution in [-0.4, -0.2) is 23.3 Å². The molecule has 102 valence electrons. The standard InChI is InChI=1S/C13H15FN2O2S/c1-9-16-11(8-19-9)7-15-12-3-2-10(14)6-13(12)18-5-4-17/h2-3,6,8,15,17H,4-5,7H2,1H3. The van der Waals surface area contributed by atoms with Gasteiger partial charge in [-0.25, -0.2) is 9.37 Å². The molecule has 0 unspecified atom stereocenters. The molecule has 1 aromatic heterocycles. The fourth-order valence-corrected chi connectivity index (χ4v) is 2.21. The monoisotopic (exact) mass is 282 g/mol. The molecule has 0 aliphatic carbocycles. The summed E-state index contributed by atoms with van der Waals surface area (Å²) in [5.74, 6) is 0.0176. The molecule has 0 spiro atoms. The number of hydrogen-bond donors (Lipinski definition) is 2. The summed E-state index contributed by atoms with van der Waals surface area (Å²) in [5, 5.41) is 14.9. The molecule has 1 heterocycles. The fraction of sp³-hybridized carbons (Fsp3) is 0.308. The van der Waals surface area contributed by atoms with Crippen LogP contribution in [0.4, 0.5) is 10.1 Å². The van der Waals surface area contributed by atoms with Crippen molar-refractivity contribution in [2.45, 2.75) is 13.5 Å². The molecule has 0 saturated carbocycles. The van der Waals surface area contributed by atoms with Crippen LogP contribution in [0.25, 0.3) is 0 Å². The number of ether oxygens (including phenoxy) is 1. The Hall–Kier alpha value is -1.66. The average Bonchev–Trinajstić information content (AvgIpc) is 2.81. The molecule has 2 N–H and O–H groups in total. The van der Waals surface area contributed by atoms with Gasteiger partial charge in [0.25, 0.3) is 0 Å². The van der Waals surface area contributed by atoms with Gasteiger partial charge in [-0.2, -0.15) is 0 Å². The van der Waals surface area contributed by atoms with Crippen molar-refractivity contribution in [1.82, 2.24) is 4.98 Å². The van der Waals surface area contributed by atoms with Gasteiger partial charge in [-0.15, -0.1) is 11.3 Å². The maximum Gasteiger partial charge on any atom is 0.145 e. The summed E-state index contributed by atoms with van der Waals surface area (Å²) in [6.45, 7) is 2.52. The van der Waals surface area contributed by atoms with Crippen molar-refractivity contribution >= 4 is 17.0 Å². The van der Waals surface area contributed by atoms with Gasteiger partial charge in [0, 0.05) is 11.4 Å². The Morgan fingerprint density at radius 1 is 1.47 bits per heavy atom. The van der Waals surface area contributed by atoms with Crippen LogP contribution >= 0.6 is 11.3 Å². The Morgan fingerprint density at radius 3 is 3.00 bits per heavy atom. The quantitative estimate of drug-likeness (QED) is 0.855. The molecule has 0 radical (unpaired) electrons. The zero-order valence-electron chi connectivity index (χ0n) is 10.5. The van der Waals surface area contributed by atoms with Gasteiger partial charge in [0.2, 0.25) is 0 Å². The lowest BCUT2D eigenvalue weighted by Crippen LogP contribution is -2.06. The van der Waals surface area contributed by atoms with Crippen molar-refractivity contribution in [2.75, 3.05) is 18.5 Å². The maximum absolute atomic E-state index is 13.2. The van der Waals surface area contributed by atoms with Crippen molar-refractivity contribution in [2.24, 2.45) is 0 Å². The highest BCUT2D eigenvalue weighted by Gasteiger charge is 2.06. The van der Waals surface area contributed by atoms with E-state index in [2.05, 4.69) is 10.3 Å². The number of nitrogens with one attached hydrogen (secondary N) is 1. The number of nitrogens with zero attached hydrogens (tertiary/aromatic N) is 1. The van der Waals surface area contributed by atoms with Crippen LogP contribution in [0, 0.1) is 12.7 Å². The van der Waals surface area contributed by atoms with Crippen molar-refractivity contribution < 1.29 is 14.2 Å². The third-order valence-electron chi connectivity index (χ3n) is 2.42. The lowest BCUT2D eigenvalue weighted by molar-refractivity contribution is 0.201. The van der Waals surface area contributed by atoms with E-state index in [-0.39, 0.29) is 19.0 Å². The molecule has 0 atom stereocenters. The van der Waals surface area contributed by atoms with E-state index in [1.165, 1.54) is 12.1 Å². The number of hydrogen-bond acceptors (Lipinski definition) is 5. The number of aryl methyl sites for hydroxylation is 1. The second-order valence-electron chi connectivity index (χ2n) is 3.92. The fourth-order valence-electron chi connectivity index (χ4n) is 1.59. The second kappa shape index (κ2) is 6.49. The summed E-state index contributed by atoms with van der Waals surface area (Å²) in [6.07, 6.45) is 0. The first kappa shape index (κ1) is 13.8. The van der Waals surface area contributed by atoms with Crippen molar-refractivity contribution in [3.05, 3.63) is 40.1 Å². The van der Waals surface area contributed by atoms with E-state index in [1.807, 2.05) is 12.3 Å².